The van der Waals surface area contributed by atoms with Crippen LogP contribution in [0, 0.1) is 5.82 Å². The van der Waals surface area contributed by atoms with Gasteiger partial charge in [0.05, 0.1) is 20.6 Å². The van der Waals surface area contributed by atoms with E-state index < -0.39 is 27.0 Å². The van der Waals surface area contributed by atoms with Gasteiger partial charge in [0.15, 0.2) is 0 Å². The molecule has 0 radical (unpaired) electrons. The molecule has 1 aliphatic rings. The predicted molar refractivity (Wildman–Crippen MR) is 82.1 cm³/mol. The van der Waals surface area contributed by atoms with Crippen LogP contribution < -0.4 is 0 Å². The van der Waals surface area contributed by atoms with Crippen LogP contribution in [0.2, 0.25) is 0 Å². The molecule has 0 amide bonds. The normalized spacial score (nSPS) is 22.2. The van der Waals surface area contributed by atoms with Crippen LogP contribution in [0.4, 0.5) is 4.39 Å². The molecule has 0 bridgehead atoms. The van der Waals surface area contributed by atoms with Gasteiger partial charge in [0.1, 0.15) is 5.82 Å². The second-order valence-corrected chi connectivity index (χ2v) is 9.26. The summed E-state index contributed by atoms with van der Waals surface area (Å²) in [5.74, 6) is -0.595. The van der Waals surface area contributed by atoms with Crippen molar-refractivity contribution in [2.75, 3.05) is 13.1 Å². The SMILES string of the molecule is CC1(C)CN(S(=O)(=O)c2ccc(Br)c(F)c2)CC(C)(C)O1. The third-order valence-corrected chi connectivity index (χ3v) is 5.63. The van der Waals surface area contributed by atoms with E-state index in [0.29, 0.717) is 0 Å². The van der Waals surface area contributed by atoms with Crippen molar-refractivity contribution < 1.29 is 17.5 Å². The minimum absolute atomic E-state index is 0.0447. The Bertz CT molecular complexity index is 642. The van der Waals surface area contributed by atoms with E-state index in [9.17, 15) is 12.8 Å². The number of morpholine rings is 1. The van der Waals surface area contributed by atoms with Gasteiger partial charge in [-0.25, -0.2) is 12.8 Å². The second kappa shape index (κ2) is 5.30. The van der Waals surface area contributed by atoms with Crippen molar-refractivity contribution in [3.05, 3.63) is 28.5 Å². The summed E-state index contributed by atoms with van der Waals surface area (Å²) >= 11 is 3.02. The highest BCUT2D eigenvalue weighted by Crippen LogP contribution is 2.32. The number of rotatable bonds is 2. The predicted octanol–water partition coefficient (Wildman–Crippen LogP) is 3.17. The summed E-state index contributed by atoms with van der Waals surface area (Å²) in [4.78, 5) is -0.0447. The lowest BCUT2D eigenvalue weighted by Crippen LogP contribution is -2.58. The van der Waals surface area contributed by atoms with Gasteiger partial charge in [0, 0.05) is 13.1 Å². The quantitative estimate of drug-likeness (QED) is 0.792. The fraction of sp³-hybridized carbons (Fsp3) is 0.571. The molecule has 1 heterocycles. The fourth-order valence-electron chi connectivity index (χ4n) is 2.67. The number of hydrogen-bond acceptors (Lipinski definition) is 3. The van der Waals surface area contributed by atoms with Gasteiger partial charge in [-0.3, -0.25) is 0 Å². The van der Waals surface area contributed by atoms with Crippen molar-refractivity contribution in [3.8, 4) is 0 Å². The standard InChI is InChI=1S/C14H19BrFNO3S/c1-13(2)8-17(9-14(3,4)20-13)21(18,19)10-5-6-11(15)12(16)7-10/h5-7H,8-9H2,1-4H3. The molecular formula is C14H19BrFNO3S. The van der Waals surface area contributed by atoms with Crippen LogP contribution >= 0.6 is 15.9 Å². The highest BCUT2D eigenvalue weighted by atomic mass is 79.9. The maximum atomic E-state index is 13.6. The van der Waals surface area contributed by atoms with Gasteiger partial charge in [-0.1, -0.05) is 0 Å². The molecule has 4 nitrogen and oxygen atoms in total. The molecule has 1 fully saturated rings. The van der Waals surface area contributed by atoms with E-state index in [-0.39, 0.29) is 22.5 Å². The summed E-state index contributed by atoms with van der Waals surface area (Å²) in [6.45, 7) is 7.85. The number of sulfonamides is 1. The highest BCUT2D eigenvalue weighted by Gasteiger charge is 2.43. The molecule has 0 aromatic heterocycles. The first kappa shape index (κ1) is 16.9. The van der Waals surface area contributed by atoms with Crippen LogP contribution in [-0.2, 0) is 14.8 Å². The lowest BCUT2D eigenvalue weighted by Gasteiger charge is -2.46. The Morgan fingerprint density at radius 2 is 1.71 bits per heavy atom. The Morgan fingerprint density at radius 3 is 2.19 bits per heavy atom. The van der Waals surface area contributed by atoms with Crippen molar-refractivity contribution in [2.24, 2.45) is 0 Å². The Labute approximate surface area is 133 Å². The van der Waals surface area contributed by atoms with Gasteiger partial charge < -0.3 is 4.74 Å². The van der Waals surface area contributed by atoms with Crippen LogP contribution in [-0.4, -0.2) is 37.0 Å². The number of hydrogen-bond donors (Lipinski definition) is 0. The molecule has 0 atom stereocenters. The second-order valence-electron chi connectivity index (χ2n) is 6.47. The monoisotopic (exact) mass is 379 g/mol. The Morgan fingerprint density at radius 1 is 1.19 bits per heavy atom. The van der Waals surface area contributed by atoms with E-state index in [1.165, 1.54) is 16.4 Å². The van der Waals surface area contributed by atoms with Gasteiger partial charge in [-0.15, -0.1) is 0 Å². The van der Waals surface area contributed by atoms with Gasteiger partial charge in [0.25, 0.3) is 0 Å². The van der Waals surface area contributed by atoms with Crippen LogP contribution in [0.15, 0.2) is 27.6 Å². The van der Waals surface area contributed by atoms with Crippen LogP contribution in [0.25, 0.3) is 0 Å². The van der Waals surface area contributed by atoms with E-state index in [1.807, 2.05) is 27.7 Å². The maximum absolute atomic E-state index is 13.6. The highest BCUT2D eigenvalue weighted by molar-refractivity contribution is 9.10. The molecule has 2 rings (SSSR count). The Hall–Kier alpha value is -0.500. The maximum Gasteiger partial charge on any atom is 0.243 e. The topological polar surface area (TPSA) is 46.6 Å². The van der Waals surface area contributed by atoms with E-state index >= 15 is 0 Å². The smallest absolute Gasteiger partial charge is 0.243 e. The molecule has 118 valence electrons. The van der Waals surface area contributed by atoms with Crippen LogP contribution in [0.1, 0.15) is 27.7 Å². The zero-order chi connectivity index (χ0) is 16.1. The summed E-state index contributed by atoms with van der Waals surface area (Å²) in [7, 11) is -3.75. The molecule has 0 spiro atoms. The fourth-order valence-corrected chi connectivity index (χ4v) is 4.67. The lowest BCUT2D eigenvalue weighted by molar-refractivity contribution is -0.163. The molecule has 1 aliphatic heterocycles. The Kier molecular flexibility index (Phi) is 4.25. The first-order valence-corrected chi connectivity index (χ1v) is 8.82. The van der Waals surface area contributed by atoms with E-state index in [1.54, 1.807) is 0 Å². The summed E-state index contributed by atoms with van der Waals surface area (Å²) < 4.78 is 46.5. The van der Waals surface area contributed by atoms with Crippen molar-refractivity contribution >= 4 is 26.0 Å². The molecular weight excluding hydrogens is 361 g/mol. The van der Waals surface area contributed by atoms with E-state index in [2.05, 4.69) is 15.9 Å². The van der Waals surface area contributed by atoms with Gasteiger partial charge in [-0.2, -0.15) is 4.31 Å². The summed E-state index contributed by atoms with van der Waals surface area (Å²) in [5, 5.41) is 0. The van der Waals surface area contributed by atoms with E-state index in [0.717, 1.165) is 6.07 Å². The molecule has 0 unspecified atom stereocenters. The molecule has 1 aromatic rings. The third-order valence-electron chi connectivity index (χ3n) is 3.20. The average Bonchev–Trinajstić information content (AvgIpc) is 2.28. The van der Waals surface area contributed by atoms with E-state index in [4.69, 9.17) is 4.74 Å². The molecule has 1 saturated heterocycles. The van der Waals surface area contributed by atoms with Crippen LogP contribution in [0.5, 0.6) is 0 Å². The molecule has 1 aromatic carbocycles. The number of ether oxygens (including phenoxy) is 1. The molecule has 0 saturated carbocycles. The summed E-state index contributed by atoms with van der Waals surface area (Å²) in [6, 6.07) is 3.84. The zero-order valence-electron chi connectivity index (χ0n) is 12.5. The third kappa shape index (κ3) is 3.64. The number of halogens is 2. The summed E-state index contributed by atoms with van der Waals surface area (Å²) in [5.41, 5.74) is -1.19. The zero-order valence-corrected chi connectivity index (χ0v) is 14.9. The lowest BCUT2D eigenvalue weighted by atomic mass is 10.0. The van der Waals surface area contributed by atoms with Crippen molar-refractivity contribution in [1.82, 2.24) is 4.31 Å². The largest absolute Gasteiger partial charge is 0.367 e. The molecule has 0 aliphatic carbocycles. The number of benzene rings is 1. The van der Waals surface area contributed by atoms with Crippen LogP contribution in [0.3, 0.4) is 0 Å². The molecule has 7 heteroatoms. The first-order chi connectivity index (χ1) is 9.43. The van der Waals surface area contributed by atoms with Gasteiger partial charge in [-0.05, 0) is 61.8 Å². The minimum atomic E-state index is -3.75. The number of nitrogens with zero attached hydrogens (tertiary/aromatic N) is 1. The Balaban J connectivity index is 2.41. The minimum Gasteiger partial charge on any atom is -0.367 e. The van der Waals surface area contributed by atoms with Gasteiger partial charge in [0.2, 0.25) is 10.0 Å². The summed E-state index contributed by atoms with van der Waals surface area (Å²) in [6.07, 6.45) is 0. The van der Waals surface area contributed by atoms with Gasteiger partial charge >= 0.3 is 0 Å². The van der Waals surface area contributed by atoms with Crippen molar-refractivity contribution in [3.63, 3.8) is 0 Å². The molecule has 21 heavy (non-hydrogen) atoms. The van der Waals surface area contributed by atoms with Crippen molar-refractivity contribution in [2.45, 2.75) is 43.8 Å². The average molecular weight is 380 g/mol. The molecule has 0 N–H and O–H groups in total. The first-order valence-electron chi connectivity index (χ1n) is 6.58. The van der Waals surface area contributed by atoms with Crippen molar-refractivity contribution in [1.29, 1.82) is 0 Å².